The van der Waals surface area contributed by atoms with Gasteiger partial charge >= 0.3 is 0 Å². The van der Waals surface area contributed by atoms with E-state index in [9.17, 15) is 4.79 Å². The number of nitrogens with zero attached hydrogens (tertiary/aromatic N) is 2. The number of pyridine rings is 1. The van der Waals surface area contributed by atoms with E-state index in [0.29, 0.717) is 6.54 Å². The van der Waals surface area contributed by atoms with Crippen molar-refractivity contribution in [2.24, 2.45) is 0 Å². The zero-order valence-electron chi connectivity index (χ0n) is 12.5. The van der Waals surface area contributed by atoms with Crippen molar-refractivity contribution in [2.75, 3.05) is 20.1 Å². The van der Waals surface area contributed by atoms with E-state index in [-0.39, 0.29) is 11.6 Å². The second kappa shape index (κ2) is 5.88. The number of rotatable bonds is 4. The molecule has 0 bridgehead atoms. The molecule has 0 saturated heterocycles. The molecule has 4 heteroatoms. The van der Waals surface area contributed by atoms with Crippen molar-refractivity contribution in [3.05, 3.63) is 33.2 Å². The monoisotopic (exact) mass is 263 g/mol. The summed E-state index contributed by atoms with van der Waals surface area (Å²) in [5, 5.41) is 3.10. The maximum absolute atomic E-state index is 12.5. The van der Waals surface area contributed by atoms with Gasteiger partial charge in [0.05, 0.1) is 0 Å². The Bertz CT molecular complexity index is 505. The third kappa shape index (κ3) is 2.74. The van der Waals surface area contributed by atoms with Gasteiger partial charge in [0.1, 0.15) is 0 Å². The van der Waals surface area contributed by atoms with E-state index in [2.05, 4.69) is 37.1 Å². The minimum atomic E-state index is 0.174. The molecule has 0 unspecified atom stereocenters. The number of hydrogen-bond acceptors (Lipinski definition) is 3. The summed E-state index contributed by atoms with van der Waals surface area (Å²) in [5.41, 5.74) is 3.62. The topological polar surface area (TPSA) is 37.3 Å². The Morgan fingerprint density at radius 3 is 2.74 bits per heavy atom. The number of aromatic nitrogens is 1. The Hall–Kier alpha value is -1.13. The van der Waals surface area contributed by atoms with Gasteiger partial charge in [-0.15, -0.1) is 0 Å². The van der Waals surface area contributed by atoms with Gasteiger partial charge in [0, 0.05) is 43.4 Å². The van der Waals surface area contributed by atoms with Gasteiger partial charge < -0.3 is 9.88 Å². The van der Waals surface area contributed by atoms with Crippen LogP contribution in [0.4, 0.5) is 0 Å². The van der Waals surface area contributed by atoms with Crippen molar-refractivity contribution in [1.29, 1.82) is 0 Å². The smallest absolute Gasteiger partial charge is 0.255 e. The highest BCUT2D eigenvalue weighted by atomic mass is 16.1. The van der Waals surface area contributed by atoms with E-state index < -0.39 is 0 Å². The molecule has 1 aliphatic heterocycles. The fourth-order valence-corrected chi connectivity index (χ4v) is 2.92. The van der Waals surface area contributed by atoms with E-state index in [1.54, 1.807) is 0 Å². The minimum Gasteiger partial charge on any atom is -0.315 e. The van der Waals surface area contributed by atoms with Crippen molar-refractivity contribution in [2.45, 2.75) is 46.3 Å². The minimum absolute atomic E-state index is 0.174. The zero-order chi connectivity index (χ0) is 14.0. The van der Waals surface area contributed by atoms with E-state index in [4.69, 9.17) is 0 Å². The summed E-state index contributed by atoms with van der Waals surface area (Å²) < 4.78 is 2.00. The maximum atomic E-state index is 12.5. The number of hydrogen-bond donors (Lipinski definition) is 1. The molecule has 0 aromatic carbocycles. The third-order valence-corrected chi connectivity index (χ3v) is 3.89. The van der Waals surface area contributed by atoms with Gasteiger partial charge in [0.25, 0.3) is 5.56 Å². The molecule has 0 radical (unpaired) electrons. The van der Waals surface area contributed by atoms with Crippen LogP contribution in [0.25, 0.3) is 0 Å². The van der Waals surface area contributed by atoms with Crippen LogP contribution in [0, 0.1) is 0 Å². The summed E-state index contributed by atoms with van der Waals surface area (Å²) in [6.45, 7) is 10.1. The molecule has 4 nitrogen and oxygen atoms in total. The Kier molecular flexibility index (Phi) is 4.42. The lowest BCUT2D eigenvalue weighted by molar-refractivity contribution is 0.260. The predicted octanol–water partition coefficient (Wildman–Crippen LogP) is 1.53. The predicted molar refractivity (Wildman–Crippen MR) is 78.5 cm³/mol. The van der Waals surface area contributed by atoms with Crippen LogP contribution in [0.1, 0.15) is 43.6 Å². The van der Waals surface area contributed by atoms with E-state index >= 15 is 0 Å². The van der Waals surface area contributed by atoms with Gasteiger partial charge in [0.15, 0.2) is 0 Å². The normalized spacial score (nSPS) is 15.8. The average molecular weight is 263 g/mol. The first-order valence-electron chi connectivity index (χ1n) is 7.21. The van der Waals surface area contributed by atoms with Crippen LogP contribution >= 0.6 is 0 Å². The van der Waals surface area contributed by atoms with Crippen LogP contribution in [0.5, 0.6) is 0 Å². The Morgan fingerprint density at radius 1 is 1.42 bits per heavy atom. The van der Waals surface area contributed by atoms with Crippen LogP contribution in [-0.2, 0) is 19.5 Å². The Labute approximate surface area is 115 Å². The second-order valence-corrected chi connectivity index (χ2v) is 5.56. The van der Waals surface area contributed by atoms with Gasteiger partial charge in [-0.3, -0.25) is 9.69 Å². The molecule has 0 amide bonds. The van der Waals surface area contributed by atoms with Crippen LogP contribution in [0.2, 0.25) is 0 Å². The number of fused-ring (bicyclic) bond motifs is 1. The molecule has 0 fully saturated rings. The molecule has 19 heavy (non-hydrogen) atoms. The molecule has 0 saturated carbocycles. The Morgan fingerprint density at radius 2 is 2.16 bits per heavy atom. The molecule has 1 aliphatic rings. The summed E-state index contributed by atoms with van der Waals surface area (Å²) in [4.78, 5) is 15.0. The van der Waals surface area contributed by atoms with Crippen molar-refractivity contribution >= 4 is 0 Å². The van der Waals surface area contributed by atoms with E-state index in [1.807, 2.05) is 11.6 Å². The lowest BCUT2D eigenvalue weighted by atomic mass is 10.0. The number of nitrogens with one attached hydrogen (secondary N) is 1. The van der Waals surface area contributed by atoms with Crippen molar-refractivity contribution in [3.63, 3.8) is 0 Å². The molecule has 2 heterocycles. The lowest BCUT2D eigenvalue weighted by Gasteiger charge is -2.31. The molecular weight excluding hydrogens is 238 g/mol. The summed E-state index contributed by atoms with van der Waals surface area (Å²) >= 11 is 0. The van der Waals surface area contributed by atoms with Crippen molar-refractivity contribution in [1.82, 2.24) is 14.8 Å². The Balaban J connectivity index is 2.53. The highest BCUT2D eigenvalue weighted by molar-refractivity contribution is 5.29. The van der Waals surface area contributed by atoms with E-state index in [1.165, 1.54) is 11.3 Å². The van der Waals surface area contributed by atoms with E-state index in [0.717, 1.165) is 31.6 Å². The maximum Gasteiger partial charge on any atom is 0.255 e. The highest BCUT2D eigenvalue weighted by Crippen LogP contribution is 2.21. The fraction of sp³-hybridized carbons (Fsp3) is 0.667. The van der Waals surface area contributed by atoms with Crippen LogP contribution < -0.4 is 10.9 Å². The first-order chi connectivity index (χ1) is 9.08. The first kappa shape index (κ1) is 14.3. The fourth-order valence-electron chi connectivity index (χ4n) is 2.92. The number of likely N-dealkylation sites (N-methyl/N-ethyl adjacent to an activating group) is 1. The summed E-state index contributed by atoms with van der Waals surface area (Å²) in [7, 11) is 1.89. The molecule has 1 N–H and O–H groups in total. The van der Waals surface area contributed by atoms with Crippen molar-refractivity contribution in [3.8, 4) is 0 Å². The first-order valence-corrected chi connectivity index (χ1v) is 7.21. The van der Waals surface area contributed by atoms with Crippen molar-refractivity contribution < 1.29 is 0 Å². The molecule has 106 valence electrons. The lowest BCUT2D eigenvalue weighted by Crippen LogP contribution is -2.38. The van der Waals surface area contributed by atoms with Crippen LogP contribution in [-0.4, -0.2) is 29.6 Å². The van der Waals surface area contributed by atoms with Gasteiger partial charge in [-0.2, -0.15) is 0 Å². The largest absolute Gasteiger partial charge is 0.315 e. The van der Waals surface area contributed by atoms with Gasteiger partial charge in [-0.25, -0.2) is 0 Å². The SMILES string of the molecule is CCN1CCc2c(cc(CNC)c(=O)n2C(C)C)C1. The molecule has 1 aromatic rings. The van der Waals surface area contributed by atoms with Crippen LogP contribution in [0.15, 0.2) is 10.9 Å². The molecular formula is C15H25N3O. The summed E-state index contributed by atoms with van der Waals surface area (Å²) in [5.74, 6) is 0. The van der Waals surface area contributed by atoms with Crippen LogP contribution in [0.3, 0.4) is 0 Å². The second-order valence-electron chi connectivity index (χ2n) is 5.56. The molecule has 1 aromatic heterocycles. The highest BCUT2D eigenvalue weighted by Gasteiger charge is 2.21. The summed E-state index contributed by atoms with van der Waals surface area (Å²) in [6.07, 6.45) is 0.983. The van der Waals surface area contributed by atoms with Gasteiger partial charge in [0.2, 0.25) is 0 Å². The molecule has 0 atom stereocenters. The summed E-state index contributed by atoms with van der Waals surface area (Å²) in [6, 6.07) is 2.33. The average Bonchev–Trinajstić information content (AvgIpc) is 2.39. The standard InChI is InChI=1S/C15H25N3O/c1-5-17-7-6-14-13(10-17)8-12(9-16-4)15(19)18(14)11(2)3/h8,11,16H,5-7,9-10H2,1-4H3. The quantitative estimate of drug-likeness (QED) is 0.895. The third-order valence-electron chi connectivity index (χ3n) is 3.89. The molecule has 0 spiro atoms. The van der Waals surface area contributed by atoms with Gasteiger partial charge in [-0.05, 0) is 39.1 Å². The molecule has 0 aliphatic carbocycles. The molecule has 2 rings (SSSR count). The van der Waals surface area contributed by atoms with Gasteiger partial charge in [-0.1, -0.05) is 6.92 Å². The zero-order valence-corrected chi connectivity index (χ0v) is 12.5.